The van der Waals surface area contributed by atoms with E-state index < -0.39 is 11.6 Å². The van der Waals surface area contributed by atoms with Crippen molar-refractivity contribution in [2.75, 3.05) is 6.61 Å². The molecule has 2 aromatic carbocycles. The van der Waals surface area contributed by atoms with Crippen molar-refractivity contribution >= 4 is 16.9 Å². The predicted octanol–water partition coefficient (Wildman–Crippen LogP) is 4.04. The van der Waals surface area contributed by atoms with Gasteiger partial charge in [0.05, 0.1) is 12.2 Å². The molecule has 1 heterocycles. The molecule has 0 bridgehead atoms. The Morgan fingerprint density at radius 3 is 2.56 bits per heavy atom. The molecule has 0 saturated heterocycles. The summed E-state index contributed by atoms with van der Waals surface area (Å²) in [6, 6.07) is 12.2. The van der Waals surface area contributed by atoms with Crippen LogP contribution in [0.5, 0.6) is 5.75 Å². The van der Waals surface area contributed by atoms with Gasteiger partial charge in [-0.3, -0.25) is 0 Å². The zero-order valence-electron chi connectivity index (χ0n) is 15.1. The standard InChI is InChI=1S/C22H20O5/c1-2-25-18-8-6-14(7-9-18)22(24)26-13-17-12-21(23)27-20-11-16-5-3-4-15(16)10-19(17)20/h6-12H,2-5,13H2,1H3. The largest absolute Gasteiger partial charge is 0.494 e. The maximum atomic E-state index is 12.3. The van der Waals surface area contributed by atoms with Crippen LogP contribution in [-0.2, 0) is 24.2 Å². The summed E-state index contributed by atoms with van der Waals surface area (Å²) in [7, 11) is 0. The van der Waals surface area contributed by atoms with E-state index in [-0.39, 0.29) is 6.61 Å². The smallest absolute Gasteiger partial charge is 0.338 e. The van der Waals surface area contributed by atoms with Gasteiger partial charge in [0.25, 0.3) is 0 Å². The Balaban J connectivity index is 1.56. The highest BCUT2D eigenvalue weighted by Gasteiger charge is 2.16. The molecule has 0 atom stereocenters. The SMILES string of the molecule is CCOc1ccc(C(=O)OCc2cc(=O)oc3cc4c(cc23)CCC4)cc1. The minimum atomic E-state index is -0.444. The van der Waals surface area contributed by atoms with Crippen LogP contribution in [0.15, 0.2) is 51.7 Å². The first-order chi connectivity index (χ1) is 13.1. The van der Waals surface area contributed by atoms with Crippen LogP contribution in [0.2, 0.25) is 0 Å². The molecule has 0 spiro atoms. The molecule has 0 amide bonds. The molecule has 0 radical (unpaired) electrons. The van der Waals surface area contributed by atoms with Crippen LogP contribution in [0, 0.1) is 0 Å². The van der Waals surface area contributed by atoms with Crippen LogP contribution in [-0.4, -0.2) is 12.6 Å². The molecule has 1 aliphatic rings. The molecule has 5 nitrogen and oxygen atoms in total. The maximum Gasteiger partial charge on any atom is 0.338 e. The molecule has 3 aromatic rings. The van der Waals surface area contributed by atoms with Gasteiger partial charge in [0.2, 0.25) is 0 Å². The first-order valence-corrected chi connectivity index (χ1v) is 9.12. The summed E-state index contributed by atoms with van der Waals surface area (Å²) < 4.78 is 16.2. The van der Waals surface area contributed by atoms with E-state index in [0.717, 1.165) is 24.6 Å². The summed E-state index contributed by atoms with van der Waals surface area (Å²) in [6.07, 6.45) is 3.14. The summed E-state index contributed by atoms with van der Waals surface area (Å²) in [6.45, 7) is 2.49. The number of ether oxygens (including phenoxy) is 2. The average Bonchev–Trinajstić information content (AvgIpc) is 3.12. The molecular weight excluding hydrogens is 344 g/mol. The summed E-state index contributed by atoms with van der Waals surface area (Å²) in [5, 5.41) is 0.828. The minimum Gasteiger partial charge on any atom is -0.494 e. The molecule has 4 rings (SSSR count). The molecule has 0 N–H and O–H groups in total. The second-order valence-corrected chi connectivity index (χ2v) is 6.59. The van der Waals surface area contributed by atoms with Crippen molar-refractivity contribution < 1.29 is 18.7 Å². The first-order valence-electron chi connectivity index (χ1n) is 9.12. The van der Waals surface area contributed by atoms with Crippen molar-refractivity contribution in [1.29, 1.82) is 0 Å². The number of esters is 1. The Kier molecular flexibility index (Phi) is 4.67. The molecule has 0 unspecified atom stereocenters. The van der Waals surface area contributed by atoms with Gasteiger partial charge in [-0.2, -0.15) is 0 Å². The Hall–Kier alpha value is -3.08. The van der Waals surface area contributed by atoms with Gasteiger partial charge in [-0.1, -0.05) is 0 Å². The molecule has 0 saturated carbocycles. The van der Waals surface area contributed by atoms with Crippen molar-refractivity contribution in [2.24, 2.45) is 0 Å². The second kappa shape index (κ2) is 7.27. The monoisotopic (exact) mass is 364 g/mol. The van der Waals surface area contributed by atoms with Crippen LogP contribution in [0.4, 0.5) is 0 Å². The van der Waals surface area contributed by atoms with Crippen molar-refractivity contribution in [2.45, 2.75) is 32.8 Å². The van der Waals surface area contributed by atoms with E-state index >= 15 is 0 Å². The molecule has 5 heteroatoms. The van der Waals surface area contributed by atoms with Gasteiger partial charge in [-0.05, 0) is 73.7 Å². The number of hydrogen-bond acceptors (Lipinski definition) is 5. The number of carbonyl (C=O) groups excluding carboxylic acids is 1. The van der Waals surface area contributed by atoms with E-state index in [1.807, 2.05) is 13.0 Å². The lowest BCUT2D eigenvalue weighted by Crippen LogP contribution is -2.08. The average molecular weight is 364 g/mol. The van der Waals surface area contributed by atoms with Gasteiger partial charge in [0.1, 0.15) is 17.9 Å². The summed E-state index contributed by atoms with van der Waals surface area (Å²) in [5.74, 6) is 0.259. The zero-order valence-corrected chi connectivity index (χ0v) is 15.1. The molecule has 0 aliphatic heterocycles. The summed E-state index contributed by atoms with van der Waals surface area (Å²) in [4.78, 5) is 24.2. The Morgan fingerprint density at radius 2 is 1.81 bits per heavy atom. The first kappa shape index (κ1) is 17.3. The highest BCUT2D eigenvalue weighted by Crippen LogP contribution is 2.28. The summed E-state index contributed by atoms with van der Waals surface area (Å²) in [5.41, 5.74) is 3.72. The van der Waals surface area contributed by atoms with Crippen LogP contribution in [0.25, 0.3) is 11.0 Å². The van der Waals surface area contributed by atoms with Gasteiger partial charge in [0.15, 0.2) is 0 Å². The van der Waals surface area contributed by atoms with Gasteiger partial charge in [-0.25, -0.2) is 9.59 Å². The van der Waals surface area contributed by atoms with Gasteiger partial charge >= 0.3 is 11.6 Å². The third-order valence-electron chi connectivity index (χ3n) is 4.80. The lowest BCUT2D eigenvalue weighted by molar-refractivity contribution is 0.0474. The number of carbonyl (C=O) groups is 1. The van der Waals surface area contributed by atoms with Crippen molar-refractivity contribution in [1.82, 2.24) is 0 Å². The van der Waals surface area contributed by atoms with Gasteiger partial charge in [0, 0.05) is 17.0 Å². The number of benzene rings is 2. The fourth-order valence-corrected chi connectivity index (χ4v) is 3.49. The van der Waals surface area contributed by atoms with Crippen LogP contribution >= 0.6 is 0 Å². The number of hydrogen-bond donors (Lipinski definition) is 0. The molecule has 1 aliphatic carbocycles. The number of rotatable bonds is 5. The van der Waals surface area contributed by atoms with Crippen molar-refractivity contribution in [3.63, 3.8) is 0 Å². The lowest BCUT2D eigenvalue weighted by Gasteiger charge is -2.09. The zero-order chi connectivity index (χ0) is 18.8. The number of fused-ring (bicyclic) bond motifs is 2. The lowest BCUT2D eigenvalue weighted by atomic mass is 10.0. The van der Waals surface area contributed by atoms with Crippen molar-refractivity contribution in [3.8, 4) is 5.75 Å². The highest BCUT2D eigenvalue weighted by molar-refractivity contribution is 5.90. The molecule has 27 heavy (non-hydrogen) atoms. The number of aryl methyl sites for hydroxylation is 2. The van der Waals surface area contributed by atoms with E-state index in [0.29, 0.717) is 29.1 Å². The molecular formula is C22H20O5. The molecule has 0 fully saturated rings. The van der Waals surface area contributed by atoms with Crippen LogP contribution in [0.1, 0.15) is 40.4 Å². The van der Waals surface area contributed by atoms with E-state index in [2.05, 4.69) is 6.07 Å². The Labute approximate surface area is 156 Å². The van der Waals surface area contributed by atoms with Crippen LogP contribution < -0.4 is 10.4 Å². The Morgan fingerprint density at radius 1 is 1.07 bits per heavy atom. The summed E-state index contributed by atoms with van der Waals surface area (Å²) >= 11 is 0. The normalized spacial score (nSPS) is 12.8. The fourth-order valence-electron chi connectivity index (χ4n) is 3.49. The van der Waals surface area contributed by atoms with Crippen LogP contribution in [0.3, 0.4) is 0 Å². The second-order valence-electron chi connectivity index (χ2n) is 6.59. The fraction of sp³-hybridized carbons (Fsp3) is 0.273. The Bertz CT molecular complexity index is 1050. The van der Waals surface area contributed by atoms with Gasteiger partial charge < -0.3 is 13.9 Å². The van der Waals surface area contributed by atoms with E-state index in [1.54, 1.807) is 24.3 Å². The predicted molar refractivity (Wildman–Crippen MR) is 101 cm³/mol. The van der Waals surface area contributed by atoms with E-state index in [1.165, 1.54) is 17.2 Å². The maximum absolute atomic E-state index is 12.3. The molecule has 138 valence electrons. The van der Waals surface area contributed by atoms with Crippen molar-refractivity contribution in [3.05, 3.63) is 75.1 Å². The quantitative estimate of drug-likeness (QED) is 0.505. The topological polar surface area (TPSA) is 65.7 Å². The van der Waals surface area contributed by atoms with E-state index in [9.17, 15) is 9.59 Å². The third kappa shape index (κ3) is 3.58. The third-order valence-corrected chi connectivity index (χ3v) is 4.80. The molecule has 1 aromatic heterocycles. The highest BCUT2D eigenvalue weighted by atomic mass is 16.5. The minimum absolute atomic E-state index is 0.0208. The van der Waals surface area contributed by atoms with E-state index in [4.69, 9.17) is 13.9 Å². The van der Waals surface area contributed by atoms with Gasteiger partial charge in [-0.15, -0.1) is 0 Å².